The summed E-state index contributed by atoms with van der Waals surface area (Å²) in [5, 5.41) is 0. The highest BCUT2D eigenvalue weighted by molar-refractivity contribution is 4.83. The standard InChI is InChI=1S/C8H17NO/c1-3-8(7-5-6-7)9-10-4-2/h7-9H,3-6H2,1-2H3. The van der Waals surface area contributed by atoms with E-state index < -0.39 is 0 Å². The lowest BCUT2D eigenvalue weighted by Crippen LogP contribution is -2.30. The molecule has 2 heteroatoms. The van der Waals surface area contributed by atoms with Gasteiger partial charge in [0.2, 0.25) is 0 Å². The van der Waals surface area contributed by atoms with Crippen LogP contribution in [0.2, 0.25) is 0 Å². The van der Waals surface area contributed by atoms with Gasteiger partial charge >= 0.3 is 0 Å². The Morgan fingerprint density at radius 3 is 2.60 bits per heavy atom. The molecule has 1 saturated carbocycles. The topological polar surface area (TPSA) is 21.3 Å². The lowest BCUT2D eigenvalue weighted by atomic mass is 10.1. The molecule has 0 aromatic heterocycles. The molecule has 1 fully saturated rings. The predicted octanol–water partition coefficient (Wildman–Crippen LogP) is 1.72. The molecule has 1 N–H and O–H groups in total. The van der Waals surface area contributed by atoms with Gasteiger partial charge in [0.05, 0.1) is 6.61 Å². The van der Waals surface area contributed by atoms with Crippen LogP contribution in [0.3, 0.4) is 0 Å². The largest absolute Gasteiger partial charge is 0.302 e. The SMILES string of the molecule is CCONC(CC)C1CC1. The fourth-order valence-corrected chi connectivity index (χ4v) is 1.20. The van der Waals surface area contributed by atoms with Crippen LogP contribution in [0.15, 0.2) is 0 Å². The molecule has 60 valence electrons. The molecule has 10 heavy (non-hydrogen) atoms. The summed E-state index contributed by atoms with van der Waals surface area (Å²) in [6, 6.07) is 0.611. The summed E-state index contributed by atoms with van der Waals surface area (Å²) < 4.78 is 0. The van der Waals surface area contributed by atoms with Gasteiger partial charge in [0.1, 0.15) is 0 Å². The second-order valence-corrected chi connectivity index (χ2v) is 2.90. The van der Waals surface area contributed by atoms with Gasteiger partial charge in [-0.3, -0.25) is 0 Å². The lowest BCUT2D eigenvalue weighted by Gasteiger charge is -2.14. The average molecular weight is 143 g/mol. The Hall–Kier alpha value is -0.0800. The molecule has 0 bridgehead atoms. The van der Waals surface area contributed by atoms with Crippen molar-refractivity contribution in [2.24, 2.45) is 5.92 Å². The van der Waals surface area contributed by atoms with E-state index >= 15 is 0 Å². The zero-order valence-electron chi connectivity index (χ0n) is 6.89. The maximum absolute atomic E-state index is 5.14. The van der Waals surface area contributed by atoms with Crippen LogP contribution in [-0.2, 0) is 4.84 Å². The molecule has 1 rings (SSSR count). The van der Waals surface area contributed by atoms with Crippen molar-refractivity contribution in [3.63, 3.8) is 0 Å². The predicted molar refractivity (Wildman–Crippen MR) is 41.6 cm³/mol. The molecule has 0 aromatic carbocycles. The van der Waals surface area contributed by atoms with Gasteiger partial charge in [-0.2, -0.15) is 5.48 Å². The third-order valence-corrected chi connectivity index (χ3v) is 2.01. The van der Waals surface area contributed by atoms with Crippen molar-refractivity contribution in [3.8, 4) is 0 Å². The Morgan fingerprint density at radius 2 is 2.20 bits per heavy atom. The first-order valence-electron chi connectivity index (χ1n) is 4.25. The van der Waals surface area contributed by atoms with Gasteiger partial charge in [0.15, 0.2) is 0 Å². The van der Waals surface area contributed by atoms with Crippen LogP contribution in [0.4, 0.5) is 0 Å². The van der Waals surface area contributed by atoms with Gasteiger partial charge in [-0.15, -0.1) is 0 Å². The van der Waals surface area contributed by atoms with Gasteiger partial charge in [-0.05, 0) is 32.1 Å². The molecule has 1 aliphatic rings. The first-order chi connectivity index (χ1) is 4.88. The first-order valence-corrected chi connectivity index (χ1v) is 4.25. The third kappa shape index (κ3) is 2.27. The lowest BCUT2D eigenvalue weighted by molar-refractivity contribution is 0.0180. The van der Waals surface area contributed by atoms with Crippen LogP contribution >= 0.6 is 0 Å². The molecule has 0 amide bonds. The van der Waals surface area contributed by atoms with E-state index in [4.69, 9.17) is 4.84 Å². The van der Waals surface area contributed by atoms with E-state index in [0.29, 0.717) is 6.04 Å². The van der Waals surface area contributed by atoms with Crippen molar-refractivity contribution in [1.29, 1.82) is 0 Å². The van der Waals surface area contributed by atoms with E-state index in [2.05, 4.69) is 12.4 Å². The summed E-state index contributed by atoms with van der Waals surface area (Å²) in [7, 11) is 0. The number of hydrogen-bond donors (Lipinski definition) is 1. The summed E-state index contributed by atoms with van der Waals surface area (Å²) >= 11 is 0. The monoisotopic (exact) mass is 143 g/mol. The Labute approximate surface area is 62.9 Å². The van der Waals surface area contributed by atoms with Crippen LogP contribution < -0.4 is 5.48 Å². The van der Waals surface area contributed by atoms with Crippen LogP contribution in [0.25, 0.3) is 0 Å². The third-order valence-electron chi connectivity index (χ3n) is 2.01. The average Bonchev–Trinajstić information content (AvgIpc) is 2.73. The van der Waals surface area contributed by atoms with Crippen LogP contribution in [-0.4, -0.2) is 12.6 Å². The molecule has 1 aliphatic carbocycles. The summed E-state index contributed by atoms with van der Waals surface area (Å²) in [5.74, 6) is 0.900. The molecule has 1 unspecified atom stereocenters. The van der Waals surface area contributed by atoms with E-state index in [9.17, 15) is 0 Å². The second-order valence-electron chi connectivity index (χ2n) is 2.90. The zero-order valence-corrected chi connectivity index (χ0v) is 6.89. The van der Waals surface area contributed by atoms with Gasteiger partial charge < -0.3 is 4.84 Å². The molecular formula is C8H17NO. The fourth-order valence-electron chi connectivity index (χ4n) is 1.20. The second kappa shape index (κ2) is 3.94. The highest BCUT2D eigenvalue weighted by atomic mass is 16.6. The first kappa shape index (κ1) is 8.02. The maximum Gasteiger partial charge on any atom is 0.0654 e. The van der Waals surface area contributed by atoms with Crippen molar-refractivity contribution in [2.75, 3.05) is 6.61 Å². The fraction of sp³-hybridized carbons (Fsp3) is 1.00. The number of rotatable bonds is 5. The minimum atomic E-state index is 0.611. The Bertz CT molecular complexity index is 91.3. The van der Waals surface area contributed by atoms with Crippen LogP contribution in [0.5, 0.6) is 0 Å². The highest BCUT2D eigenvalue weighted by Gasteiger charge is 2.29. The van der Waals surface area contributed by atoms with Crippen LogP contribution in [0, 0.1) is 5.92 Å². The number of nitrogens with one attached hydrogen (secondary N) is 1. The molecule has 0 saturated heterocycles. The molecule has 2 nitrogen and oxygen atoms in total. The molecular weight excluding hydrogens is 126 g/mol. The summed E-state index contributed by atoms with van der Waals surface area (Å²) in [6.07, 6.45) is 3.96. The maximum atomic E-state index is 5.14. The molecule has 0 spiro atoms. The summed E-state index contributed by atoms with van der Waals surface area (Å²) in [5.41, 5.74) is 3.08. The Morgan fingerprint density at radius 1 is 1.50 bits per heavy atom. The van der Waals surface area contributed by atoms with E-state index in [0.717, 1.165) is 12.5 Å². The van der Waals surface area contributed by atoms with E-state index in [1.807, 2.05) is 6.92 Å². The van der Waals surface area contributed by atoms with E-state index in [1.165, 1.54) is 19.3 Å². The van der Waals surface area contributed by atoms with Crippen molar-refractivity contribution in [3.05, 3.63) is 0 Å². The molecule has 0 radical (unpaired) electrons. The Kier molecular flexibility index (Phi) is 3.16. The summed E-state index contributed by atoms with van der Waals surface area (Å²) in [6.45, 7) is 4.98. The molecule has 0 heterocycles. The molecule has 0 aliphatic heterocycles. The quantitative estimate of drug-likeness (QED) is 0.592. The summed E-state index contributed by atoms with van der Waals surface area (Å²) in [4.78, 5) is 5.14. The van der Waals surface area contributed by atoms with E-state index in [-0.39, 0.29) is 0 Å². The minimum Gasteiger partial charge on any atom is -0.302 e. The van der Waals surface area contributed by atoms with Gasteiger partial charge in [0, 0.05) is 6.04 Å². The number of hydrogen-bond acceptors (Lipinski definition) is 2. The van der Waals surface area contributed by atoms with Gasteiger partial charge in [-0.25, -0.2) is 0 Å². The highest BCUT2D eigenvalue weighted by Crippen LogP contribution is 2.33. The van der Waals surface area contributed by atoms with Crippen molar-refractivity contribution < 1.29 is 4.84 Å². The molecule has 0 aromatic rings. The van der Waals surface area contributed by atoms with Crippen LogP contribution in [0.1, 0.15) is 33.1 Å². The molecule has 1 atom stereocenters. The number of hydroxylamine groups is 1. The normalized spacial score (nSPS) is 21.0. The van der Waals surface area contributed by atoms with Crippen molar-refractivity contribution in [1.82, 2.24) is 5.48 Å². The minimum absolute atomic E-state index is 0.611. The van der Waals surface area contributed by atoms with Crippen molar-refractivity contribution in [2.45, 2.75) is 39.2 Å². The zero-order chi connectivity index (χ0) is 7.40. The van der Waals surface area contributed by atoms with Gasteiger partial charge in [0.25, 0.3) is 0 Å². The smallest absolute Gasteiger partial charge is 0.0654 e. The van der Waals surface area contributed by atoms with Crippen molar-refractivity contribution >= 4 is 0 Å². The van der Waals surface area contributed by atoms with Gasteiger partial charge in [-0.1, -0.05) is 6.92 Å². The Balaban J connectivity index is 2.07. The van der Waals surface area contributed by atoms with E-state index in [1.54, 1.807) is 0 Å².